The first kappa shape index (κ1) is 11.6. The lowest BCUT2D eigenvalue weighted by Crippen LogP contribution is -2.20. The monoisotopic (exact) mass is 226 g/mol. The number of nitrogens with two attached hydrogens (primary N) is 1. The zero-order valence-corrected chi connectivity index (χ0v) is 9.60. The average Bonchev–Trinajstić information content (AvgIpc) is 2.44. The number of nitrogens with zero attached hydrogens (tertiary/aromatic N) is 2. The fraction of sp³-hybridized carbons (Fsp3) is 0.444. The van der Waals surface area contributed by atoms with Crippen molar-refractivity contribution in [2.45, 2.75) is 19.8 Å². The van der Waals surface area contributed by atoms with Crippen LogP contribution >= 0.6 is 12.2 Å². The predicted octanol–water partition coefficient (Wildman–Crippen LogP) is 0.597. The highest BCUT2D eigenvalue weighted by Crippen LogP contribution is 2.13. The van der Waals surface area contributed by atoms with E-state index in [2.05, 4.69) is 22.6 Å². The molecule has 1 rings (SSSR count). The molecule has 0 radical (unpaired) electrons. The summed E-state index contributed by atoms with van der Waals surface area (Å²) in [6.45, 7) is 1.98. The highest BCUT2D eigenvalue weighted by molar-refractivity contribution is 7.80. The molecule has 3 N–H and O–H groups in total. The first-order chi connectivity index (χ1) is 7.02. The quantitative estimate of drug-likeness (QED) is 0.737. The van der Waals surface area contributed by atoms with Crippen molar-refractivity contribution in [3.8, 4) is 0 Å². The van der Waals surface area contributed by atoms with Crippen LogP contribution in [-0.4, -0.2) is 20.7 Å². The number of hydrogen-bond donors (Lipinski definition) is 2. The van der Waals surface area contributed by atoms with Gasteiger partial charge in [0.1, 0.15) is 0 Å². The second-order valence-corrected chi connectivity index (χ2v) is 3.73. The lowest BCUT2D eigenvalue weighted by atomic mass is 10.3. The number of nitrogens with one attached hydrogen (secondary N) is 1. The molecule has 15 heavy (non-hydrogen) atoms. The van der Waals surface area contributed by atoms with Crippen LogP contribution in [-0.2, 0) is 18.3 Å². The van der Waals surface area contributed by atoms with Gasteiger partial charge in [-0.3, -0.25) is 9.48 Å². The minimum Gasteiger partial charge on any atom is -0.393 e. The van der Waals surface area contributed by atoms with E-state index in [-0.39, 0.29) is 17.3 Å². The molecule has 0 fully saturated rings. The molecule has 0 bridgehead atoms. The number of rotatable bonds is 4. The Morgan fingerprint density at radius 3 is 2.93 bits per heavy atom. The van der Waals surface area contributed by atoms with Gasteiger partial charge in [-0.05, 0) is 6.42 Å². The van der Waals surface area contributed by atoms with Crippen molar-refractivity contribution in [3.05, 3.63) is 11.9 Å². The molecule has 0 spiro atoms. The third-order valence-electron chi connectivity index (χ3n) is 1.85. The van der Waals surface area contributed by atoms with Crippen LogP contribution in [0.15, 0.2) is 6.20 Å². The Morgan fingerprint density at radius 1 is 1.73 bits per heavy atom. The van der Waals surface area contributed by atoms with E-state index in [0.717, 1.165) is 17.8 Å². The number of amides is 1. The largest absolute Gasteiger partial charge is 0.393 e. The Labute approximate surface area is 93.6 Å². The Bertz CT molecular complexity index is 385. The van der Waals surface area contributed by atoms with Gasteiger partial charge in [0.15, 0.2) is 0 Å². The fourth-order valence-electron chi connectivity index (χ4n) is 1.25. The summed E-state index contributed by atoms with van der Waals surface area (Å²) in [5.41, 5.74) is 6.85. The second-order valence-electron chi connectivity index (χ2n) is 3.21. The predicted molar refractivity (Wildman–Crippen MR) is 62.6 cm³/mol. The van der Waals surface area contributed by atoms with E-state index >= 15 is 0 Å². The zero-order chi connectivity index (χ0) is 11.4. The van der Waals surface area contributed by atoms with Crippen LogP contribution in [0.1, 0.15) is 19.0 Å². The van der Waals surface area contributed by atoms with Crippen molar-refractivity contribution in [1.29, 1.82) is 0 Å². The SMILES string of the molecule is CCc1nn(C)cc1NC(=O)CC(N)=S. The zero-order valence-electron chi connectivity index (χ0n) is 8.78. The summed E-state index contributed by atoms with van der Waals surface area (Å²) in [7, 11) is 1.81. The molecule has 0 saturated heterocycles. The van der Waals surface area contributed by atoms with Crippen LogP contribution in [0.2, 0.25) is 0 Å². The molecule has 0 aliphatic rings. The van der Waals surface area contributed by atoms with E-state index in [9.17, 15) is 4.79 Å². The van der Waals surface area contributed by atoms with Gasteiger partial charge in [-0.15, -0.1) is 0 Å². The lowest BCUT2D eigenvalue weighted by molar-refractivity contribution is -0.115. The number of carbonyl (C=O) groups is 1. The Balaban J connectivity index is 2.71. The molecule has 0 aromatic carbocycles. The molecule has 1 aromatic heterocycles. The summed E-state index contributed by atoms with van der Waals surface area (Å²) in [6, 6.07) is 0. The highest BCUT2D eigenvalue weighted by atomic mass is 32.1. The molecular weight excluding hydrogens is 212 g/mol. The molecule has 1 amide bonds. The van der Waals surface area contributed by atoms with Gasteiger partial charge in [0.05, 0.1) is 22.8 Å². The summed E-state index contributed by atoms with van der Waals surface area (Å²) >= 11 is 4.65. The molecule has 0 aliphatic carbocycles. The molecule has 0 aliphatic heterocycles. The second kappa shape index (κ2) is 4.88. The fourth-order valence-corrected chi connectivity index (χ4v) is 1.38. The van der Waals surface area contributed by atoms with Gasteiger partial charge in [0.25, 0.3) is 0 Å². The van der Waals surface area contributed by atoms with Crippen molar-refractivity contribution in [2.24, 2.45) is 12.8 Å². The molecule has 1 heterocycles. The smallest absolute Gasteiger partial charge is 0.231 e. The van der Waals surface area contributed by atoms with Gasteiger partial charge in [-0.1, -0.05) is 19.1 Å². The standard InChI is InChI=1S/C9H14N4OS/c1-3-6-7(5-13(2)12-6)11-9(14)4-8(10)15/h5H,3-4H2,1-2H3,(H2,10,15)(H,11,14). The number of anilines is 1. The molecule has 6 heteroatoms. The minimum absolute atomic E-state index is 0.0629. The Kier molecular flexibility index (Phi) is 3.79. The van der Waals surface area contributed by atoms with Crippen LogP contribution in [0.4, 0.5) is 5.69 Å². The number of hydrogen-bond acceptors (Lipinski definition) is 3. The maximum Gasteiger partial charge on any atom is 0.231 e. The molecule has 0 saturated carbocycles. The summed E-state index contributed by atoms with van der Waals surface area (Å²) in [5, 5.41) is 6.92. The first-order valence-electron chi connectivity index (χ1n) is 4.63. The van der Waals surface area contributed by atoms with E-state index in [1.807, 2.05) is 14.0 Å². The van der Waals surface area contributed by atoms with Gasteiger partial charge < -0.3 is 11.1 Å². The molecule has 0 unspecified atom stereocenters. The molecule has 0 atom stereocenters. The Hall–Kier alpha value is -1.43. The van der Waals surface area contributed by atoms with E-state index < -0.39 is 0 Å². The number of thiocarbonyl (C=S) groups is 1. The van der Waals surface area contributed by atoms with Crippen LogP contribution in [0, 0.1) is 0 Å². The average molecular weight is 226 g/mol. The number of aryl methyl sites for hydroxylation is 2. The van der Waals surface area contributed by atoms with Crippen molar-refractivity contribution in [2.75, 3.05) is 5.32 Å². The van der Waals surface area contributed by atoms with E-state index in [0.29, 0.717) is 0 Å². The van der Waals surface area contributed by atoms with Crippen molar-refractivity contribution < 1.29 is 4.79 Å². The minimum atomic E-state index is -0.204. The van der Waals surface area contributed by atoms with Crippen LogP contribution in [0.3, 0.4) is 0 Å². The topological polar surface area (TPSA) is 72.9 Å². The number of carbonyl (C=O) groups excluding carboxylic acids is 1. The third kappa shape index (κ3) is 3.32. The maximum atomic E-state index is 11.4. The van der Waals surface area contributed by atoms with E-state index in [4.69, 9.17) is 5.73 Å². The van der Waals surface area contributed by atoms with Gasteiger partial charge >= 0.3 is 0 Å². The Morgan fingerprint density at radius 2 is 2.40 bits per heavy atom. The molecule has 1 aromatic rings. The molecule has 82 valence electrons. The van der Waals surface area contributed by atoms with Crippen molar-refractivity contribution in [3.63, 3.8) is 0 Å². The maximum absolute atomic E-state index is 11.4. The van der Waals surface area contributed by atoms with E-state index in [1.165, 1.54) is 0 Å². The van der Waals surface area contributed by atoms with Crippen molar-refractivity contribution in [1.82, 2.24) is 9.78 Å². The summed E-state index contributed by atoms with van der Waals surface area (Å²) in [5.74, 6) is -0.204. The molecular formula is C9H14N4OS. The highest BCUT2D eigenvalue weighted by Gasteiger charge is 2.09. The normalized spacial score (nSPS) is 10.0. The van der Waals surface area contributed by atoms with Crippen LogP contribution in [0.25, 0.3) is 0 Å². The van der Waals surface area contributed by atoms with Gasteiger partial charge in [0.2, 0.25) is 5.91 Å². The lowest BCUT2D eigenvalue weighted by Gasteiger charge is -2.02. The van der Waals surface area contributed by atoms with Crippen LogP contribution < -0.4 is 11.1 Å². The summed E-state index contributed by atoms with van der Waals surface area (Å²) < 4.78 is 1.66. The molecule has 5 nitrogen and oxygen atoms in total. The van der Waals surface area contributed by atoms with Gasteiger partial charge in [-0.2, -0.15) is 5.10 Å². The third-order valence-corrected chi connectivity index (χ3v) is 1.99. The summed E-state index contributed by atoms with van der Waals surface area (Å²) in [4.78, 5) is 11.6. The van der Waals surface area contributed by atoms with E-state index in [1.54, 1.807) is 10.9 Å². The summed E-state index contributed by atoms with van der Waals surface area (Å²) in [6.07, 6.45) is 2.59. The van der Waals surface area contributed by atoms with Gasteiger partial charge in [0, 0.05) is 13.2 Å². The first-order valence-corrected chi connectivity index (χ1v) is 5.04. The van der Waals surface area contributed by atoms with Crippen molar-refractivity contribution >= 4 is 28.8 Å². The number of aromatic nitrogens is 2. The van der Waals surface area contributed by atoms with Gasteiger partial charge in [-0.25, -0.2) is 0 Å². The van der Waals surface area contributed by atoms with Crippen LogP contribution in [0.5, 0.6) is 0 Å².